The summed E-state index contributed by atoms with van der Waals surface area (Å²) in [5.41, 5.74) is 9.50. The summed E-state index contributed by atoms with van der Waals surface area (Å²) in [6.45, 7) is 2.08. The van der Waals surface area contributed by atoms with Gasteiger partial charge in [-0.25, -0.2) is 9.50 Å². The van der Waals surface area contributed by atoms with Crippen LogP contribution < -0.4 is 15.8 Å². The molecule has 4 N–H and O–H groups in total. The molecule has 2 aromatic carbocycles. The number of carbonyl (C=O) groups excluding carboxylic acids is 1. The predicted octanol–water partition coefficient (Wildman–Crippen LogP) is 3.52. The zero-order chi connectivity index (χ0) is 24.4. The van der Waals surface area contributed by atoms with Crippen LogP contribution >= 0.6 is 0 Å². The zero-order valence-corrected chi connectivity index (χ0v) is 19.5. The number of hydrogen-bond acceptors (Lipinski definition) is 7. The highest BCUT2D eigenvalue weighted by Gasteiger charge is 2.21. The highest BCUT2D eigenvalue weighted by molar-refractivity contribution is 5.77. The van der Waals surface area contributed by atoms with Crippen molar-refractivity contribution < 1.29 is 14.6 Å². The van der Waals surface area contributed by atoms with Crippen molar-refractivity contribution in [3.8, 4) is 22.8 Å². The lowest BCUT2D eigenvalue weighted by atomic mass is 9.89. The Morgan fingerprint density at radius 2 is 1.91 bits per heavy atom. The van der Waals surface area contributed by atoms with E-state index in [0.29, 0.717) is 35.4 Å². The highest BCUT2D eigenvalue weighted by Crippen LogP contribution is 2.35. The fourth-order valence-corrected chi connectivity index (χ4v) is 4.69. The third-order valence-electron chi connectivity index (χ3n) is 6.48. The number of rotatable bonds is 7. The molecule has 0 atom stereocenters. The molecule has 180 valence electrons. The number of hydrogen-bond donors (Lipinski definition) is 3. The van der Waals surface area contributed by atoms with Gasteiger partial charge in [-0.15, -0.1) is 5.10 Å². The Hall–Kier alpha value is -4.11. The van der Waals surface area contributed by atoms with Gasteiger partial charge in [-0.1, -0.05) is 24.3 Å². The van der Waals surface area contributed by atoms with Crippen molar-refractivity contribution in [2.75, 3.05) is 32.1 Å². The van der Waals surface area contributed by atoms with E-state index in [4.69, 9.17) is 10.5 Å². The third-order valence-corrected chi connectivity index (χ3v) is 6.48. The van der Waals surface area contributed by atoms with Gasteiger partial charge in [-0.2, -0.15) is 0 Å². The quantitative estimate of drug-likeness (QED) is 0.377. The van der Waals surface area contributed by atoms with Crippen LogP contribution in [-0.4, -0.2) is 57.3 Å². The van der Waals surface area contributed by atoms with Crippen LogP contribution in [0.5, 0.6) is 11.5 Å². The number of methoxy groups -OCH3 is 1. The number of aromatic hydroxyl groups is 1. The monoisotopic (exact) mass is 472 g/mol. The first kappa shape index (κ1) is 22.7. The molecule has 0 bridgehead atoms. The molecule has 1 saturated heterocycles. The number of likely N-dealkylation sites (tertiary alicyclic amines) is 1. The number of aromatic nitrogens is 3. The summed E-state index contributed by atoms with van der Waals surface area (Å²) < 4.78 is 7.15. The molecule has 5 rings (SSSR count). The molecule has 1 fully saturated rings. The standard InChI is InChI=1S/C26H28N6O3/c1-35-24-5-3-2-4-20(24)21-14-23(33)22-15-28-26(30-32(21)22)29-19-8-6-17(7-9-19)18-10-12-31(13-11-18)16-25(27)34/h2-9,14-15,18,33H,10-13,16H2,1H3,(H2,27,34)(H,29,30). The number of fused-ring (bicyclic) bond motifs is 1. The van der Waals surface area contributed by atoms with Gasteiger partial charge in [-0.05, 0) is 61.7 Å². The first-order valence-corrected chi connectivity index (χ1v) is 11.6. The van der Waals surface area contributed by atoms with Crippen molar-refractivity contribution in [1.29, 1.82) is 0 Å². The number of benzene rings is 2. The Balaban J connectivity index is 1.33. The van der Waals surface area contributed by atoms with Crippen LogP contribution in [0.1, 0.15) is 24.3 Å². The second-order valence-corrected chi connectivity index (χ2v) is 8.76. The number of amides is 1. The molecule has 0 unspecified atom stereocenters. The number of ether oxygens (including phenoxy) is 1. The molecule has 35 heavy (non-hydrogen) atoms. The van der Waals surface area contributed by atoms with Crippen molar-refractivity contribution in [2.45, 2.75) is 18.8 Å². The van der Waals surface area contributed by atoms with Crippen LogP contribution in [0.25, 0.3) is 16.8 Å². The average Bonchev–Trinajstić information content (AvgIpc) is 3.20. The van der Waals surface area contributed by atoms with Gasteiger partial charge in [0.1, 0.15) is 17.0 Å². The SMILES string of the molecule is COc1ccccc1-c1cc(O)c2cnc(Nc3ccc(C4CCN(CC(N)=O)CC4)cc3)nn12. The summed E-state index contributed by atoms with van der Waals surface area (Å²) in [5.74, 6) is 1.40. The van der Waals surface area contributed by atoms with Crippen molar-refractivity contribution in [3.05, 3.63) is 66.4 Å². The minimum atomic E-state index is -0.274. The normalized spacial score (nSPS) is 14.8. The zero-order valence-electron chi connectivity index (χ0n) is 19.5. The first-order chi connectivity index (χ1) is 17.0. The number of nitrogens with one attached hydrogen (secondary N) is 1. The fraction of sp³-hybridized carbons (Fsp3) is 0.269. The minimum absolute atomic E-state index is 0.101. The molecule has 1 aliphatic heterocycles. The molecule has 9 heteroatoms. The Kier molecular flexibility index (Phi) is 6.24. The molecule has 1 amide bonds. The Morgan fingerprint density at radius 1 is 1.17 bits per heavy atom. The molecular formula is C26H28N6O3. The molecule has 0 spiro atoms. The van der Waals surface area contributed by atoms with Crippen LogP contribution in [0.4, 0.5) is 11.6 Å². The van der Waals surface area contributed by atoms with Crippen molar-refractivity contribution in [1.82, 2.24) is 19.5 Å². The van der Waals surface area contributed by atoms with Gasteiger partial charge < -0.3 is 20.9 Å². The van der Waals surface area contributed by atoms with Gasteiger partial charge in [0.2, 0.25) is 11.9 Å². The molecular weight excluding hydrogens is 444 g/mol. The summed E-state index contributed by atoms with van der Waals surface area (Å²) in [5, 5.41) is 18.3. The number of para-hydroxylation sites is 1. The van der Waals surface area contributed by atoms with Gasteiger partial charge in [0.15, 0.2) is 0 Å². The molecule has 4 aromatic rings. The largest absolute Gasteiger partial charge is 0.506 e. The second-order valence-electron chi connectivity index (χ2n) is 8.76. The number of primary amides is 1. The molecule has 3 heterocycles. The summed E-state index contributed by atoms with van der Waals surface area (Å²) in [7, 11) is 1.62. The van der Waals surface area contributed by atoms with Crippen molar-refractivity contribution in [3.63, 3.8) is 0 Å². The van der Waals surface area contributed by atoms with Gasteiger partial charge >= 0.3 is 0 Å². The second kappa shape index (κ2) is 9.63. The third kappa shape index (κ3) is 4.76. The Labute approximate surface area is 203 Å². The maximum Gasteiger partial charge on any atom is 0.245 e. The number of carbonyl (C=O) groups is 1. The summed E-state index contributed by atoms with van der Waals surface area (Å²) in [4.78, 5) is 17.6. The summed E-state index contributed by atoms with van der Waals surface area (Å²) in [6, 6.07) is 17.6. The van der Waals surface area contributed by atoms with Crippen LogP contribution in [-0.2, 0) is 4.79 Å². The van der Waals surface area contributed by atoms with Gasteiger partial charge in [0.05, 0.1) is 25.5 Å². The number of nitrogens with zero attached hydrogens (tertiary/aromatic N) is 4. The lowest BCUT2D eigenvalue weighted by Gasteiger charge is -2.31. The molecule has 0 aliphatic carbocycles. The summed E-state index contributed by atoms with van der Waals surface area (Å²) in [6.07, 6.45) is 3.60. The fourth-order valence-electron chi connectivity index (χ4n) is 4.69. The van der Waals surface area contributed by atoms with E-state index < -0.39 is 0 Å². The van der Waals surface area contributed by atoms with Crippen LogP contribution in [0.3, 0.4) is 0 Å². The van der Waals surface area contributed by atoms with E-state index >= 15 is 0 Å². The smallest absolute Gasteiger partial charge is 0.245 e. The Morgan fingerprint density at radius 3 is 2.63 bits per heavy atom. The molecule has 1 aliphatic rings. The van der Waals surface area contributed by atoms with Crippen LogP contribution in [0, 0.1) is 0 Å². The molecule has 2 aromatic heterocycles. The van der Waals surface area contributed by atoms with E-state index in [-0.39, 0.29) is 11.7 Å². The maximum absolute atomic E-state index is 11.1. The molecule has 9 nitrogen and oxygen atoms in total. The van der Waals surface area contributed by atoms with E-state index in [1.165, 1.54) is 5.56 Å². The van der Waals surface area contributed by atoms with Gasteiger partial charge in [0, 0.05) is 17.3 Å². The lowest BCUT2D eigenvalue weighted by molar-refractivity contribution is -0.119. The van der Waals surface area contributed by atoms with Gasteiger partial charge in [0.25, 0.3) is 0 Å². The number of piperidine rings is 1. The van der Waals surface area contributed by atoms with Crippen molar-refractivity contribution in [2.24, 2.45) is 5.73 Å². The van der Waals surface area contributed by atoms with E-state index in [1.54, 1.807) is 23.9 Å². The first-order valence-electron chi connectivity index (χ1n) is 11.6. The topological polar surface area (TPSA) is 118 Å². The van der Waals surface area contributed by atoms with Crippen LogP contribution in [0.2, 0.25) is 0 Å². The van der Waals surface area contributed by atoms with Crippen molar-refractivity contribution >= 4 is 23.1 Å². The average molecular weight is 473 g/mol. The molecule has 0 radical (unpaired) electrons. The minimum Gasteiger partial charge on any atom is -0.506 e. The predicted molar refractivity (Wildman–Crippen MR) is 134 cm³/mol. The Bertz CT molecular complexity index is 1340. The number of nitrogens with two attached hydrogens (primary N) is 1. The summed E-state index contributed by atoms with van der Waals surface area (Å²) >= 11 is 0. The van der Waals surface area contributed by atoms with E-state index in [9.17, 15) is 9.90 Å². The van der Waals surface area contributed by atoms with Crippen LogP contribution in [0.15, 0.2) is 60.8 Å². The van der Waals surface area contributed by atoms with E-state index in [0.717, 1.165) is 37.2 Å². The maximum atomic E-state index is 11.1. The number of anilines is 2. The molecule has 0 saturated carbocycles. The van der Waals surface area contributed by atoms with Gasteiger partial charge in [-0.3, -0.25) is 9.69 Å². The van der Waals surface area contributed by atoms with E-state index in [1.807, 2.05) is 36.4 Å². The lowest BCUT2D eigenvalue weighted by Crippen LogP contribution is -2.39. The van der Waals surface area contributed by atoms with E-state index in [2.05, 4.69) is 32.4 Å². The highest BCUT2D eigenvalue weighted by atomic mass is 16.5.